The minimum atomic E-state index is -0.717. The molecule has 0 spiro atoms. The summed E-state index contributed by atoms with van der Waals surface area (Å²) in [6.45, 7) is 0. The Balaban J connectivity index is 2.53. The lowest BCUT2D eigenvalue weighted by atomic mass is 10.3. The molecule has 1 rings (SSSR count). The Morgan fingerprint density at radius 3 is 2.45 bits per heavy atom. The van der Waals surface area contributed by atoms with E-state index < -0.39 is 5.54 Å². The number of hydrazine groups is 1. The van der Waals surface area contributed by atoms with Crippen LogP contribution in [0.3, 0.4) is 0 Å². The van der Waals surface area contributed by atoms with Gasteiger partial charge in [0.2, 0.25) is 7.05 Å². The van der Waals surface area contributed by atoms with E-state index in [-0.39, 0.29) is 5.97 Å². The molecule has 0 heterocycles. The van der Waals surface area contributed by atoms with Gasteiger partial charge in [0.25, 0.3) is 0 Å². The van der Waals surface area contributed by atoms with Crippen molar-refractivity contribution in [3.63, 3.8) is 0 Å². The lowest BCUT2D eigenvalue weighted by Crippen LogP contribution is -2.43. The van der Waals surface area contributed by atoms with Crippen LogP contribution in [0.25, 0.3) is 0 Å². The second kappa shape index (κ2) is 2.48. The summed E-state index contributed by atoms with van der Waals surface area (Å²) in [5.41, 5.74) is 1.77. The molecule has 0 aromatic carbocycles. The summed E-state index contributed by atoms with van der Waals surface area (Å²) in [5, 5.41) is 0. The molecule has 1 saturated carbocycles. The van der Waals surface area contributed by atoms with E-state index in [1.54, 1.807) is 0 Å². The number of carbonyl (C=O) groups is 1. The minimum absolute atomic E-state index is 0.361. The van der Waals surface area contributed by atoms with E-state index >= 15 is 0 Å². The summed E-state index contributed by atoms with van der Waals surface area (Å²) in [5.74, 6) is -0.361. The number of nitroso groups, excluding NO2 is 1. The Hall–Kier alpha value is -1.13. The first-order valence-electron chi connectivity index (χ1n) is 3.38. The lowest BCUT2D eigenvalue weighted by molar-refractivity contribution is -0.586. The number of hydrogen-bond acceptors (Lipinski definition) is 3. The van der Waals surface area contributed by atoms with E-state index in [1.165, 1.54) is 14.2 Å². The highest BCUT2D eigenvalue weighted by molar-refractivity contribution is 5.83. The first-order chi connectivity index (χ1) is 5.10. The largest absolute Gasteiger partial charge is 0.467 e. The van der Waals surface area contributed by atoms with Gasteiger partial charge in [0.1, 0.15) is 4.87 Å². The first kappa shape index (κ1) is 7.97. The fourth-order valence-corrected chi connectivity index (χ4v) is 0.983. The number of rotatable bonds is 3. The zero-order chi connectivity index (χ0) is 8.48. The molecule has 5 heteroatoms. The molecule has 0 unspecified atom stereocenters. The number of carbonyl (C=O) groups excluding carboxylic acids is 1. The van der Waals surface area contributed by atoms with E-state index in [0.29, 0.717) is 17.7 Å². The number of methoxy groups -OCH3 is 1. The smallest absolute Gasteiger partial charge is 0.337 e. The predicted molar refractivity (Wildman–Crippen MR) is 36.7 cm³/mol. The molecule has 1 aliphatic rings. The fraction of sp³-hybridized carbons (Fsp3) is 0.833. The highest BCUT2D eigenvalue weighted by atomic mass is 16.5. The first-order valence-corrected chi connectivity index (χ1v) is 3.38. The topological polar surface area (TPSA) is 58.4 Å². The molecular weight excluding hydrogens is 148 g/mol. The standard InChI is InChI=1S/C6H11N2O3/c1-8(10)7-6(3-4-6)5(9)11-2/h3-4H2,1-2H3,(H,7,10)/q+1. The summed E-state index contributed by atoms with van der Waals surface area (Å²) in [6.07, 6.45) is 1.35. The quantitative estimate of drug-likeness (QED) is 0.346. The average molecular weight is 159 g/mol. The molecule has 0 aromatic rings. The lowest BCUT2D eigenvalue weighted by Gasteiger charge is -2.06. The summed E-state index contributed by atoms with van der Waals surface area (Å²) >= 11 is 0. The van der Waals surface area contributed by atoms with E-state index in [0.717, 1.165) is 0 Å². The molecule has 0 atom stereocenters. The van der Waals surface area contributed by atoms with Gasteiger partial charge in [0.15, 0.2) is 5.54 Å². The normalized spacial score (nSPS) is 18.7. The molecule has 11 heavy (non-hydrogen) atoms. The van der Waals surface area contributed by atoms with Crippen molar-refractivity contribution in [1.82, 2.24) is 5.43 Å². The van der Waals surface area contributed by atoms with Crippen LogP contribution in [-0.2, 0) is 9.53 Å². The Morgan fingerprint density at radius 1 is 1.64 bits per heavy atom. The van der Waals surface area contributed by atoms with E-state index in [2.05, 4.69) is 10.2 Å². The van der Waals surface area contributed by atoms with E-state index in [1.807, 2.05) is 0 Å². The molecular formula is C6H11N2O3+. The van der Waals surface area contributed by atoms with Crippen molar-refractivity contribution in [1.29, 1.82) is 0 Å². The van der Waals surface area contributed by atoms with Crippen LogP contribution in [0.5, 0.6) is 0 Å². The third-order valence-electron chi connectivity index (χ3n) is 1.70. The van der Waals surface area contributed by atoms with Crippen LogP contribution in [0.1, 0.15) is 12.8 Å². The van der Waals surface area contributed by atoms with Gasteiger partial charge in [0, 0.05) is 0 Å². The summed E-state index contributed by atoms with van der Waals surface area (Å²) in [7, 11) is 2.62. The maximum Gasteiger partial charge on any atom is 0.337 e. The summed E-state index contributed by atoms with van der Waals surface area (Å²) in [4.78, 5) is 22.0. The molecule has 0 aromatic heterocycles. The number of hydrogen-bond donors (Lipinski definition) is 1. The molecule has 0 amide bonds. The Kier molecular flexibility index (Phi) is 1.80. The second-order valence-electron chi connectivity index (χ2n) is 2.68. The molecule has 0 saturated heterocycles. The van der Waals surface area contributed by atoms with Crippen molar-refractivity contribution in [2.45, 2.75) is 18.4 Å². The number of esters is 1. The zero-order valence-electron chi connectivity index (χ0n) is 6.59. The molecule has 62 valence electrons. The SMILES string of the molecule is COC(=O)C1(N[N+](C)=O)CC1. The van der Waals surface area contributed by atoms with Crippen LogP contribution in [0.15, 0.2) is 0 Å². The van der Waals surface area contributed by atoms with Crippen molar-refractivity contribution in [3.8, 4) is 0 Å². The maximum absolute atomic E-state index is 11.0. The van der Waals surface area contributed by atoms with Crippen LogP contribution in [0.4, 0.5) is 0 Å². The molecule has 1 fully saturated rings. The third-order valence-corrected chi connectivity index (χ3v) is 1.70. The van der Waals surface area contributed by atoms with Crippen LogP contribution in [0.2, 0.25) is 0 Å². The van der Waals surface area contributed by atoms with Gasteiger partial charge < -0.3 is 4.74 Å². The van der Waals surface area contributed by atoms with Gasteiger partial charge in [-0.3, -0.25) is 0 Å². The van der Waals surface area contributed by atoms with Gasteiger partial charge in [-0.15, -0.1) is 5.43 Å². The van der Waals surface area contributed by atoms with Crippen molar-refractivity contribution in [2.24, 2.45) is 0 Å². The average Bonchev–Trinajstić information content (AvgIpc) is 2.67. The highest BCUT2D eigenvalue weighted by Gasteiger charge is 2.55. The molecule has 1 N–H and O–H groups in total. The Morgan fingerprint density at radius 2 is 2.18 bits per heavy atom. The van der Waals surface area contributed by atoms with Gasteiger partial charge in [-0.05, 0) is 12.8 Å². The molecule has 1 aliphatic carbocycles. The zero-order valence-corrected chi connectivity index (χ0v) is 6.59. The second-order valence-corrected chi connectivity index (χ2v) is 2.68. The van der Waals surface area contributed by atoms with Crippen LogP contribution >= 0.6 is 0 Å². The third kappa shape index (κ3) is 1.47. The van der Waals surface area contributed by atoms with Gasteiger partial charge in [0.05, 0.1) is 12.0 Å². The predicted octanol–water partition coefficient (Wildman–Crippen LogP) is -0.395. The van der Waals surface area contributed by atoms with Gasteiger partial charge in [-0.25, -0.2) is 4.79 Å². The van der Waals surface area contributed by atoms with Crippen LogP contribution in [-0.4, -0.2) is 30.5 Å². The molecule has 0 aliphatic heterocycles. The van der Waals surface area contributed by atoms with Crippen molar-refractivity contribution < 1.29 is 14.4 Å². The van der Waals surface area contributed by atoms with E-state index in [4.69, 9.17) is 0 Å². The van der Waals surface area contributed by atoms with Crippen molar-refractivity contribution in [3.05, 3.63) is 4.91 Å². The Bertz CT molecular complexity index is 198. The van der Waals surface area contributed by atoms with Gasteiger partial charge in [-0.1, -0.05) is 0 Å². The summed E-state index contributed by atoms with van der Waals surface area (Å²) in [6, 6.07) is 0. The fourth-order valence-electron chi connectivity index (χ4n) is 0.983. The Labute approximate surface area is 64.3 Å². The number of nitrogens with zero attached hydrogens (tertiary/aromatic N) is 1. The van der Waals surface area contributed by atoms with Crippen LogP contribution < -0.4 is 5.43 Å². The van der Waals surface area contributed by atoms with Crippen LogP contribution in [0, 0.1) is 4.91 Å². The molecule has 0 bridgehead atoms. The van der Waals surface area contributed by atoms with Gasteiger partial charge in [-0.2, -0.15) is 0 Å². The van der Waals surface area contributed by atoms with Gasteiger partial charge >= 0.3 is 5.97 Å². The van der Waals surface area contributed by atoms with Crippen molar-refractivity contribution >= 4 is 5.97 Å². The molecule has 5 nitrogen and oxygen atoms in total. The number of nitrogens with one attached hydrogen (secondary N) is 1. The summed E-state index contributed by atoms with van der Waals surface area (Å²) < 4.78 is 4.51. The van der Waals surface area contributed by atoms with E-state index in [9.17, 15) is 9.70 Å². The number of ether oxygens (including phenoxy) is 1. The highest BCUT2D eigenvalue weighted by Crippen LogP contribution is 2.36. The molecule has 0 radical (unpaired) electrons. The minimum Gasteiger partial charge on any atom is -0.467 e. The van der Waals surface area contributed by atoms with Crippen molar-refractivity contribution in [2.75, 3.05) is 14.2 Å². The monoisotopic (exact) mass is 159 g/mol. The maximum atomic E-state index is 11.0.